The number of rotatable bonds is 13. The summed E-state index contributed by atoms with van der Waals surface area (Å²) in [5.41, 5.74) is -0.277. The molecule has 34 heavy (non-hydrogen) atoms. The first-order valence-electron chi connectivity index (χ1n) is 12.6. The van der Waals surface area contributed by atoms with E-state index >= 15 is 0 Å². The molecular formula is C30H46O3Si. The average molecular weight is 483 g/mol. The van der Waals surface area contributed by atoms with Crippen LogP contribution in [0, 0.1) is 17.3 Å². The predicted octanol–water partition coefficient (Wildman–Crippen LogP) is 5.55. The van der Waals surface area contributed by atoms with Gasteiger partial charge in [-0.15, -0.1) is 6.58 Å². The molecule has 3 nitrogen and oxygen atoms in total. The number of aliphatic hydroxyl groups is 2. The smallest absolute Gasteiger partial charge is 0.261 e. The van der Waals surface area contributed by atoms with E-state index in [9.17, 15) is 10.2 Å². The van der Waals surface area contributed by atoms with Crippen molar-refractivity contribution < 1.29 is 14.6 Å². The highest BCUT2D eigenvalue weighted by Crippen LogP contribution is 2.37. The number of allylic oxidation sites excluding steroid dienone is 1. The Hall–Kier alpha value is -1.72. The normalized spacial score (nSPS) is 15.5. The van der Waals surface area contributed by atoms with Crippen molar-refractivity contribution >= 4 is 18.7 Å². The van der Waals surface area contributed by atoms with Crippen LogP contribution >= 0.6 is 0 Å². The summed E-state index contributed by atoms with van der Waals surface area (Å²) in [6.07, 6.45) is 3.66. The third kappa shape index (κ3) is 7.14. The maximum absolute atomic E-state index is 10.6. The molecule has 0 saturated carbocycles. The minimum atomic E-state index is -2.53. The van der Waals surface area contributed by atoms with Crippen LogP contribution in [0.25, 0.3) is 0 Å². The van der Waals surface area contributed by atoms with Gasteiger partial charge in [0.05, 0.1) is 6.10 Å². The minimum absolute atomic E-state index is 0.0388. The molecule has 0 heterocycles. The zero-order chi connectivity index (χ0) is 25.4. The Bertz CT molecular complexity index is 818. The van der Waals surface area contributed by atoms with E-state index in [0.717, 1.165) is 6.42 Å². The third-order valence-electron chi connectivity index (χ3n) is 7.10. The summed E-state index contributed by atoms with van der Waals surface area (Å²) in [6, 6.07) is 21.5. The molecule has 4 heteroatoms. The van der Waals surface area contributed by atoms with Gasteiger partial charge in [0.1, 0.15) is 0 Å². The van der Waals surface area contributed by atoms with Crippen molar-refractivity contribution in [2.75, 3.05) is 13.2 Å². The summed E-state index contributed by atoms with van der Waals surface area (Å²) in [4.78, 5) is 0. The fraction of sp³-hybridized carbons (Fsp3) is 0.533. The summed E-state index contributed by atoms with van der Waals surface area (Å²) < 4.78 is 7.04. The van der Waals surface area contributed by atoms with Crippen molar-refractivity contribution in [1.29, 1.82) is 0 Å². The van der Waals surface area contributed by atoms with Gasteiger partial charge < -0.3 is 14.6 Å². The minimum Gasteiger partial charge on any atom is -0.407 e. The third-order valence-corrected chi connectivity index (χ3v) is 12.1. The van der Waals surface area contributed by atoms with Crippen molar-refractivity contribution in [3.8, 4) is 0 Å². The van der Waals surface area contributed by atoms with Crippen LogP contribution in [-0.2, 0) is 4.43 Å². The molecule has 0 aromatic heterocycles. The first-order valence-corrected chi connectivity index (χ1v) is 14.5. The van der Waals surface area contributed by atoms with Gasteiger partial charge in [0, 0.05) is 13.2 Å². The van der Waals surface area contributed by atoms with Gasteiger partial charge in [0.2, 0.25) is 0 Å². The topological polar surface area (TPSA) is 49.7 Å². The molecule has 0 saturated heterocycles. The zero-order valence-corrected chi connectivity index (χ0v) is 23.1. The van der Waals surface area contributed by atoms with Crippen molar-refractivity contribution in [1.82, 2.24) is 0 Å². The SMILES string of the molecule is C=C[C@H](CC(O)CC(C)(C)CO)[C@H](C)CCO[Si](c1ccccc1)(c1ccccc1)C(C)(C)C. The highest BCUT2D eigenvalue weighted by molar-refractivity contribution is 6.99. The molecule has 188 valence electrons. The fourth-order valence-corrected chi connectivity index (χ4v) is 9.61. The summed E-state index contributed by atoms with van der Waals surface area (Å²) >= 11 is 0. The van der Waals surface area contributed by atoms with Crippen LogP contribution in [0.2, 0.25) is 5.04 Å². The van der Waals surface area contributed by atoms with E-state index in [0.29, 0.717) is 25.4 Å². The Kier molecular flexibility index (Phi) is 10.3. The molecule has 2 rings (SSSR count). The van der Waals surface area contributed by atoms with E-state index in [-0.39, 0.29) is 23.0 Å². The average Bonchev–Trinajstić information content (AvgIpc) is 2.80. The van der Waals surface area contributed by atoms with Gasteiger partial charge in [0.25, 0.3) is 8.32 Å². The summed E-state index contributed by atoms with van der Waals surface area (Å²) in [5.74, 6) is 0.537. The van der Waals surface area contributed by atoms with E-state index < -0.39 is 14.4 Å². The molecule has 2 aromatic carbocycles. The second-order valence-corrected chi connectivity index (χ2v) is 15.9. The molecule has 0 amide bonds. The van der Waals surface area contributed by atoms with E-state index in [1.54, 1.807) is 0 Å². The van der Waals surface area contributed by atoms with Crippen LogP contribution in [0.15, 0.2) is 73.3 Å². The Morgan fingerprint density at radius 2 is 1.44 bits per heavy atom. The van der Waals surface area contributed by atoms with E-state index in [2.05, 4.69) is 94.9 Å². The van der Waals surface area contributed by atoms with Crippen LogP contribution in [-0.4, -0.2) is 37.8 Å². The van der Waals surface area contributed by atoms with Crippen molar-refractivity contribution in [3.63, 3.8) is 0 Å². The predicted molar refractivity (Wildman–Crippen MR) is 147 cm³/mol. The summed E-state index contributed by atoms with van der Waals surface area (Å²) in [6.45, 7) is 17.9. The largest absolute Gasteiger partial charge is 0.407 e. The number of benzene rings is 2. The maximum atomic E-state index is 10.6. The van der Waals surface area contributed by atoms with E-state index in [1.165, 1.54) is 10.4 Å². The molecule has 0 aliphatic carbocycles. The second kappa shape index (κ2) is 12.3. The van der Waals surface area contributed by atoms with Crippen LogP contribution < -0.4 is 10.4 Å². The zero-order valence-electron chi connectivity index (χ0n) is 22.1. The summed E-state index contributed by atoms with van der Waals surface area (Å²) in [5, 5.41) is 22.7. The van der Waals surface area contributed by atoms with Crippen LogP contribution in [0.4, 0.5) is 0 Å². The molecule has 0 bridgehead atoms. The van der Waals surface area contributed by atoms with Crippen molar-refractivity contribution in [2.45, 2.75) is 71.9 Å². The Balaban J connectivity index is 2.20. The van der Waals surface area contributed by atoms with Gasteiger partial charge in [-0.1, -0.05) is 108 Å². The van der Waals surface area contributed by atoms with Gasteiger partial charge in [-0.2, -0.15) is 0 Å². The Morgan fingerprint density at radius 3 is 1.85 bits per heavy atom. The quantitative estimate of drug-likeness (QED) is 0.291. The molecule has 2 aromatic rings. The molecule has 0 aliphatic rings. The molecular weight excluding hydrogens is 436 g/mol. The lowest BCUT2D eigenvalue weighted by Crippen LogP contribution is -2.66. The molecule has 0 aliphatic heterocycles. The van der Waals surface area contributed by atoms with Crippen molar-refractivity contribution in [3.05, 3.63) is 73.3 Å². The number of aliphatic hydroxyl groups excluding tert-OH is 2. The number of hydrogen-bond acceptors (Lipinski definition) is 3. The second-order valence-electron chi connectivity index (χ2n) is 11.6. The molecule has 0 radical (unpaired) electrons. The van der Waals surface area contributed by atoms with Gasteiger partial charge in [-0.05, 0) is 51.9 Å². The Labute approximate surface area is 209 Å². The lowest BCUT2D eigenvalue weighted by atomic mass is 9.81. The van der Waals surface area contributed by atoms with E-state index in [1.807, 2.05) is 19.9 Å². The monoisotopic (exact) mass is 482 g/mol. The standard InChI is InChI=1S/C30H46O3Si/c1-8-25(21-26(32)22-30(6,7)23-31)24(2)19-20-33-34(29(3,4)5,27-15-11-9-12-16-27)28-17-13-10-14-18-28/h8-18,24-26,31-32H,1,19-23H2,2-7H3/t24-,25-,26?/m1/s1. The van der Waals surface area contributed by atoms with Crippen LogP contribution in [0.1, 0.15) is 60.8 Å². The molecule has 3 atom stereocenters. The maximum Gasteiger partial charge on any atom is 0.261 e. The molecule has 0 spiro atoms. The lowest BCUT2D eigenvalue weighted by molar-refractivity contribution is 0.0562. The fourth-order valence-electron chi connectivity index (χ4n) is 5.03. The van der Waals surface area contributed by atoms with Crippen molar-refractivity contribution in [2.24, 2.45) is 17.3 Å². The van der Waals surface area contributed by atoms with Gasteiger partial charge in [-0.25, -0.2) is 0 Å². The van der Waals surface area contributed by atoms with Gasteiger partial charge in [0.15, 0.2) is 0 Å². The highest BCUT2D eigenvalue weighted by Gasteiger charge is 2.50. The molecule has 2 N–H and O–H groups in total. The Morgan fingerprint density at radius 1 is 0.941 bits per heavy atom. The molecule has 0 fully saturated rings. The lowest BCUT2D eigenvalue weighted by Gasteiger charge is -2.43. The molecule has 1 unspecified atom stereocenters. The van der Waals surface area contributed by atoms with E-state index in [4.69, 9.17) is 4.43 Å². The highest BCUT2D eigenvalue weighted by atomic mass is 28.4. The first kappa shape index (κ1) is 28.5. The summed E-state index contributed by atoms with van der Waals surface area (Å²) in [7, 11) is -2.53. The van der Waals surface area contributed by atoms with Gasteiger partial charge >= 0.3 is 0 Å². The van der Waals surface area contributed by atoms with Crippen LogP contribution in [0.5, 0.6) is 0 Å². The number of hydrogen-bond donors (Lipinski definition) is 2. The van der Waals surface area contributed by atoms with Gasteiger partial charge in [-0.3, -0.25) is 0 Å². The van der Waals surface area contributed by atoms with Crippen LogP contribution in [0.3, 0.4) is 0 Å². The first-order chi connectivity index (χ1) is 16.0.